The molecule has 0 aliphatic heterocycles. The molecule has 4 aromatic carbocycles. The molecule has 0 atom stereocenters. The van der Waals surface area contributed by atoms with Crippen LogP contribution in [0.15, 0.2) is 134 Å². The van der Waals surface area contributed by atoms with Gasteiger partial charge in [0.15, 0.2) is 0 Å². The topological polar surface area (TPSA) is 46.8 Å². The van der Waals surface area contributed by atoms with Gasteiger partial charge in [-0.25, -0.2) is 15.0 Å². The molecule has 0 fully saturated rings. The van der Waals surface area contributed by atoms with E-state index in [1.54, 1.807) is 11.3 Å². The van der Waals surface area contributed by atoms with E-state index in [0.717, 1.165) is 50.2 Å². The molecule has 0 unspecified atom stereocenters. The summed E-state index contributed by atoms with van der Waals surface area (Å²) in [7, 11) is 0. The normalized spacial score (nSPS) is 11.7. The van der Waals surface area contributed by atoms with Crippen molar-refractivity contribution in [1.82, 2.24) is 19.5 Å². The summed E-state index contributed by atoms with van der Waals surface area (Å²) in [6, 6.07) is 42.8. The van der Waals surface area contributed by atoms with Crippen molar-refractivity contribution >= 4 is 48.8 Å². The first-order chi connectivity index (χ1) is 24.4. The lowest BCUT2D eigenvalue weighted by Crippen LogP contribution is -2.11. The lowest BCUT2D eigenvalue weighted by Gasteiger charge is -2.25. The largest absolute Gasteiger partial charge is 0.305 e. The number of para-hydroxylation sites is 2. The molecular weight excluding hydrogens is 631 g/mol. The van der Waals surface area contributed by atoms with E-state index in [2.05, 4.69) is 159 Å². The van der Waals surface area contributed by atoms with Gasteiger partial charge in [0, 0.05) is 49.9 Å². The van der Waals surface area contributed by atoms with E-state index in [4.69, 9.17) is 15.0 Å². The number of anilines is 3. The van der Waals surface area contributed by atoms with E-state index in [0.29, 0.717) is 11.8 Å². The third kappa shape index (κ3) is 5.76. The van der Waals surface area contributed by atoms with Gasteiger partial charge in [-0.05, 0) is 78.4 Å². The Morgan fingerprint density at radius 2 is 1.36 bits per heavy atom. The maximum atomic E-state index is 5.32. The minimum atomic E-state index is 0.396. The zero-order valence-corrected chi connectivity index (χ0v) is 29.8. The zero-order valence-electron chi connectivity index (χ0n) is 29.0. The number of nitrogens with zero attached hydrogens (tertiary/aromatic N) is 5. The van der Waals surface area contributed by atoms with Gasteiger partial charge in [-0.3, -0.25) is 4.90 Å². The van der Waals surface area contributed by atoms with Crippen LogP contribution >= 0.6 is 11.3 Å². The molecule has 5 nitrogen and oxygen atoms in total. The second-order valence-electron chi connectivity index (χ2n) is 13.5. The third-order valence-electron chi connectivity index (χ3n) is 9.34. The van der Waals surface area contributed by atoms with Crippen molar-refractivity contribution in [3.63, 3.8) is 0 Å². The highest BCUT2D eigenvalue weighted by Crippen LogP contribution is 2.41. The molecule has 0 saturated heterocycles. The van der Waals surface area contributed by atoms with Gasteiger partial charge < -0.3 is 4.57 Å². The van der Waals surface area contributed by atoms with Crippen molar-refractivity contribution in [3.05, 3.63) is 151 Å². The number of pyridine rings is 2. The van der Waals surface area contributed by atoms with Crippen molar-refractivity contribution in [3.8, 4) is 28.2 Å². The Kier molecular flexibility index (Phi) is 8.25. The van der Waals surface area contributed by atoms with Gasteiger partial charge in [0.1, 0.15) is 10.6 Å². The minimum Gasteiger partial charge on any atom is -0.305 e. The van der Waals surface area contributed by atoms with Crippen LogP contribution in [-0.2, 0) is 0 Å². The number of imidazole rings is 1. The fourth-order valence-corrected chi connectivity index (χ4v) is 8.11. The molecule has 0 radical (unpaired) electrons. The summed E-state index contributed by atoms with van der Waals surface area (Å²) in [4.78, 5) is 18.4. The molecule has 8 aromatic rings. The Bertz CT molecular complexity index is 2450. The molecule has 8 rings (SSSR count). The minimum absolute atomic E-state index is 0.396. The summed E-state index contributed by atoms with van der Waals surface area (Å²) in [6.45, 7) is 11.1. The summed E-state index contributed by atoms with van der Waals surface area (Å²) in [5.41, 5.74) is 11.0. The fraction of sp³-hybridized carbons (Fsp3) is 0.159. The van der Waals surface area contributed by atoms with E-state index in [1.807, 2.05) is 19.3 Å². The average molecular weight is 670 g/mol. The second-order valence-corrected chi connectivity index (χ2v) is 14.5. The van der Waals surface area contributed by atoms with Crippen LogP contribution in [-0.4, -0.2) is 19.5 Å². The first kappa shape index (κ1) is 31.7. The van der Waals surface area contributed by atoms with Gasteiger partial charge in [0.2, 0.25) is 0 Å². The maximum absolute atomic E-state index is 5.32. The number of aromatic nitrogens is 4. The van der Waals surface area contributed by atoms with Gasteiger partial charge in [0.25, 0.3) is 0 Å². The number of hydrogen-bond acceptors (Lipinski definition) is 5. The lowest BCUT2D eigenvalue weighted by atomic mass is 9.92. The van der Waals surface area contributed by atoms with Gasteiger partial charge in [-0.1, -0.05) is 100 Å². The Morgan fingerprint density at radius 1 is 0.640 bits per heavy atom. The van der Waals surface area contributed by atoms with Gasteiger partial charge >= 0.3 is 0 Å². The van der Waals surface area contributed by atoms with Crippen LogP contribution in [0.3, 0.4) is 0 Å². The summed E-state index contributed by atoms with van der Waals surface area (Å²) in [5, 5.41) is 2.40. The Balaban J connectivity index is 1.22. The molecule has 0 saturated carbocycles. The molecule has 0 aliphatic carbocycles. The highest BCUT2D eigenvalue weighted by molar-refractivity contribution is 7.26. The van der Waals surface area contributed by atoms with Crippen LogP contribution < -0.4 is 4.90 Å². The number of benzene rings is 4. The lowest BCUT2D eigenvalue weighted by molar-refractivity contribution is 0.805. The number of rotatable bonds is 8. The Morgan fingerprint density at radius 3 is 2.14 bits per heavy atom. The second kappa shape index (κ2) is 13.0. The van der Waals surface area contributed by atoms with Crippen molar-refractivity contribution in [2.75, 3.05) is 4.90 Å². The van der Waals surface area contributed by atoms with E-state index in [9.17, 15) is 0 Å². The number of hydrogen-bond donors (Lipinski definition) is 0. The smallest absolute Gasteiger partial charge is 0.138 e. The Hall–Kier alpha value is -5.59. The predicted molar refractivity (Wildman–Crippen MR) is 211 cm³/mol. The van der Waals surface area contributed by atoms with Crippen LogP contribution in [0.4, 0.5) is 17.2 Å². The van der Waals surface area contributed by atoms with Crippen LogP contribution in [0, 0.1) is 6.92 Å². The van der Waals surface area contributed by atoms with Gasteiger partial charge in [-0.2, -0.15) is 0 Å². The predicted octanol–water partition coefficient (Wildman–Crippen LogP) is 12.4. The van der Waals surface area contributed by atoms with E-state index < -0.39 is 0 Å². The molecular formula is C44H39N5S. The standard InChI is InChI=1S/C44H39N5S/c1-28(2)34-17-10-18-35(29(3)4)42(34)48-26-40(45-27-48)31-13-9-16-33(25-31)49(32-14-7-6-8-15-32)41-22-12-21-39(47-41)38-20-11-19-36-37-24-23-30(5)46-44(37)50-43(36)38/h6-29H,1-5H3. The average Bonchev–Trinajstić information content (AvgIpc) is 3.77. The van der Waals surface area contributed by atoms with Crippen molar-refractivity contribution in [2.24, 2.45) is 0 Å². The van der Waals surface area contributed by atoms with Crippen LogP contribution in [0.1, 0.15) is 56.4 Å². The molecule has 0 N–H and O–H groups in total. The highest BCUT2D eigenvalue weighted by Gasteiger charge is 2.19. The SMILES string of the molecule is Cc1ccc2c(n1)sc1c(-c3cccc(N(c4ccccc4)c4cccc(-c5cn(-c6c(C(C)C)cccc6C(C)C)cn5)c4)n3)cccc12. The summed E-state index contributed by atoms with van der Waals surface area (Å²) < 4.78 is 3.41. The maximum Gasteiger partial charge on any atom is 0.138 e. The number of aryl methyl sites for hydroxylation is 1. The first-order valence-corrected chi connectivity index (χ1v) is 18.1. The highest BCUT2D eigenvalue weighted by atomic mass is 32.1. The summed E-state index contributed by atoms with van der Waals surface area (Å²) >= 11 is 1.74. The molecule has 4 heterocycles. The van der Waals surface area contributed by atoms with E-state index in [1.165, 1.54) is 32.3 Å². The molecule has 6 heteroatoms. The molecule has 0 spiro atoms. The van der Waals surface area contributed by atoms with Crippen LogP contribution in [0.25, 0.3) is 48.5 Å². The fourth-order valence-electron chi connectivity index (χ4n) is 6.87. The third-order valence-corrected chi connectivity index (χ3v) is 10.5. The van der Waals surface area contributed by atoms with Gasteiger partial charge in [0.05, 0.1) is 23.4 Å². The molecule has 246 valence electrons. The number of fused-ring (bicyclic) bond motifs is 3. The van der Waals surface area contributed by atoms with E-state index >= 15 is 0 Å². The number of thiophene rings is 1. The van der Waals surface area contributed by atoms with Crippen molar-refractivity contribution in [2.45, 2.75) is 46.5 Å². The van der Waals surface area contributed by atoms with Gasteiger partial charge in [-0.15, -0.1) is 11.3 Å². The van der Waals surface area contributed by atoms with Crippen LogP contribution in [0.2, 0.25) is 0 Å². The molecule has 50 heavy (non-hydrogen) atoms. The van der Waals surface area contributed by atoms with Crippen LogP contribution in [0.5, 0.6) is 0 Å². The molecule has 4 aromatic heterocycles. The quantitative estimate of drug-likeness (QED) is 0.162. The Labute approximate surface area is 297 Å². The summed E-state index contributed by atoms with van der Waals surface area (Å²) in [6.07, 6.45) is 4.13. The monoisotopic (exact) mass is 669 g/mol. The molecule has 0 bridgehead atoms. The van der Waals surface area contributed by atoms with Crippen molar-refractivity contribution in [1.29, 1.82) is 0 Å². The summed E-state index contributed by atoms with van der Waals surface area (Å²) in [5.74, 6) is 1.63. The van der Waals surface area contributed by atoms with E-state index in [-0.39, 0.29) is 0 Å². The molecule has 0 aliphatic rings. The van der Waals surface area contributed by atoms with Crippen molar-refractivity contribution < 1.29 is 0 Å². The zero-order chi connectivity index (χ0) is 34.4. The molecule has 0 amide bonds. The first-order valence-electron chi connectivity index (χ1n) is 17.2.